The second-order valence-corrected chi connectivity index (χ2v) is 6.70. The fourth-order valence-electron chi connectivity index (χ4n) is 2.80. The average Bonchev–Trinajstić information content (AvgIpc) is 3.09. The molecule has 0 atom stereocenters. The zero-order valence-corrected chi connectivity index (χ0v) is 14.5. The largest absolute Gasteiger partial charge is 0.321 e. The summed E-state index contributed by atoms with van der Waals surface area (Å²) in [5, 5.41) is 13.4. The molecule has 0 aliphatic rings. The second-order valence-electron chi connectivity index (χ2n) is 5.69. The third-order valence-corrected chi connectivity index (χ3v) is 5.12. The zero-order valence-electron chi connectivity index (χ0n) is 13.6. The van der Waals surface area contributed by atoms with Crippen molar-refractivity contribution < 1.29 is 4.92 Å². The summed E-state index contributed by atoms with van der Waals surface area (Å²) in [5.74, 6) is 0. The Bertz CT molecular complexity index is 1080. The highest BCUT2D eigenvalue weighted by atomic mass is 32.2. The highest BCUT2D eigenvalue weighted by Gasteiger charge is 2.16. The van der Waals surface area contributed by atoms with E-state index in [2.05, 4.69) is 26.7 Å². The molecule has 26 heavy (non-hydrogen) atoms. The standard InChI is InChI=1S/C19H14N4O2S/c24-23(25)17-6-7-18(15-8-9-20-12-16(15)17)26-19-21-10-11-22(19)13-14-4-2-1-3-5-14/h1-12H,13H2. The molecular weight excluding hydrogens is 348 g/mol. The highest BCUT2D eigenvalue weighted by molar-refractivity contribution is 7.99. The Labute approximate surface area is 153 Å². The van der Waals surface area contributed by atoms with E-state index in [1.54, 1.807) is 24.5 Å². The van der Waals surface area contributed by atoms with Crippen molar-refractivity contribution in [3.8, 4) is 0 Å². The first-order valence-corrected chi connectivity index (χ1v) is 8.78. The zero-order chi connectivity index (χ0) is 17.9. The first kappa shape index (κ1) is 16.3. The van der Waals surface area contributed by atoms with Crippen molar-refractivity contribution >= 4 is 28.2 Å². The van der Waals surface area contributed by atoms with E-state index in [1.807, 2.05) is 24.4 Å². The van der Waals surface area contributed by atoms with E-state index >= 15 is 0 Å². The molecule has 128 valence electrons. The molecule has 0 bridgehead atoms. The molecule has 0 radical (unpaired) electrons. The normalized spacial score (nSPS) is 10.9. The highest BCUT2D eigenvalue weighted by Crippen LogP contribution is 2.36. The summed E-state index contributed by atoms with van der Waals surface area (Å²) in [6.45, 7) is 0.718. The summed E-state index contributed by atoms with van der Waals surface area (Å²) in [6.07, 6.45) is 6.88. The van der Waals surface area contributed by atoms with Crippen LogP contribution >= 0.6 is 11.8 Å². The van der Waals surface area contributed by atoms with Gasteiger partial charge in [0.05, 0.1) is 10.3 Å². The molecule has 0 unspecified atom stereocenters. The van der Waals surface area contributed by atoms with Gasteiger partial charge in [0, 0.05) is 47.7 Å². The number of nitro benzene ring substituents is 1. The molecule has 7 heteroatoms. The van der Waals surface area contributed by atoms with Gasteiger partial charge in [-0.05, 0) is 17.7 Å². The smallest absolute Gasteiger partial charge is 0.278 e. The van der Waals surface area contributed by atoms with Crippen LogP contribution in [0.4, 0.5) is 5.69 Å². The third kappa shape index (κ3) is 3.16. The minimum absolute atomic E-state index is 0.0603. The van der Waals surface area contributed by atoms with E-state index < -0.39 is 0 Å². The Morgan fingerprint density at radius 1 is 1.04 bits per heavy atom. The van der Waals surface area contributed by atoms with Crippen LogP contribution in [0.5, 0.6) is 0 Å². The predicted octanol–water partition coefficient (Wildman–Crippen LogP) is 4.54. The Balaban J connectivity index is 1.70. The van der Waals surface area contributed by atoms with E-state index in [0.29, 0.717) is 5.39 Å². The number of imidazole rings is 1. The summed E-state index contributed by atoms with van der Waals surface area (Å²) in [6, 6.07) is 15.2. The van der Waals surface area contributed by atoms with Gasteiger partial charge in [0.1, 0.15) is 0 Å². The summed E-state index contributed by atoms with van der Waals surface area (Å²) < 4.78 is 2.06. The lowest BCUT2D eigenvalue weighted by Crippen LogP contribution is -2.00. The molecule has 4 aromatic rings. The number of hydrogen-bond donors (Lipinski definition) is 0. The number of aromatic nitrogens is 3. The minimum Gasteiger partial charge on any atom is -0.321 e. The van der Waals surface area contributed by atoms with Crippen molar-refractivity contribution in [3.63, 3.8) is 0 Å². The van der Waals surface area contributed by atoms with Gasteiger partial charge in [-0.15, -0.1) is 0 Å². The predicted molar refractivity (Wildman–Crippen MR) is 100 cm³/mol. The van der Waals surface area contributed by atoms with Crippen molar-refractivity contribution in [3.05, 3.63) is 89.0 Å². The summed E-state index contributed by atoms with van der Waals surface area (Å²) in [5.41, 5.74) is 1.25. The van der Waals surface area contributed by atoms with Gasteiger partial charge in [0.15, 0.2) is 5.16 Å². The van der Waals surface area contributed by atoms with Crippen molar-refractivity contribution in [2.75, 3.05) is 0 Å². The number of fused-ring (bicyclic) bond motifs is 1. The first-order valence-electron chi connectivity index (χ1n) is 7.96. The lowest BCUT2D eigenvalue weighted by atomic mass is 10.1. The van der Waals surface area contributed by atoms with Crippen molar-refractivity contribution in [2.45, 2.75) is 16.6 Å². The van der Waals surface area contributed by atoms with E-state index in [-0.39, 0.29) is 10.6 Å². The Kier molecular flexibility index (Phi) is 4.37. The molecule has 0 fully saturated rings. The van der Waals surface area contributed by atoms with Crippen molar-refractivity contribution in [1.29, 1.82) is 0 Å². The molecule has 0 aliphatic carbocycles. The maximum absolute atomic E-state index is 11.3. The van der Waals surface area contributed by atoms with Gasteiger partial charge in [-0.3, -0.25) is 15.1 Å². The molecule has 0 amide bonds. The van der Waals surface area contributed by atoms with E-state index in [9.17, 15) is 10.1 Å². The number of rotatable bonds is 5. The van der Waals surface area contributed by atoms with Gasteiger partial charge in [0.2, 0.25) is 0 Å². The van der Waals surface area contributed by atoms with Gasteiger partial charge < -0.3 is 4.57 Å². The first-order chi connectivity index (χ1) is 12.7. The van der Waals surface area contributed by atoms with E-state index in [0.717, 1.165) is 22.0 Å². The molecule has 2 aromatic heterocycles. The van der Waals surface area contributed by atoms with E-state index in [1.165, 1.54) is 29.6 Å². The SMILES string of the molecule is O=[N+]([O-])c1ccc(Sc2nccn2Cc2ccccc2)c2ccncc12. The molecule has 0 aliphatic heterocycles. The minimum atomic E-state index is -0.380. The van der Waals surface area contributed by atoms with Gasteiger partial charge in [0.25, 0.3) is 5.69 Å². The van der Waals surface area contributed by atoms with E-state index in [4.69, 9.17) is 0 Å². The molecule has 6 nitrogen and oxygen atoms in total. The lowest BCUT2D eigenvalue weighted by Gasteiger charge is -2.09. The number of pyridine rings is 1. The number of nitro groups is 1. The lowest BCUT2D eigenvalue weighted by molar-refractivity contribution is -0.383. The Morgan fingerprint density at radius 3 is 2.69 bits per heavy atom. The summed E-state index contributed by atoms with van der Waals surface area (Å²) in [4.78, 5) is 20.3. The molecule has 0 saturated heterocycles. The summed E-state index contributed by atoms with van der Waals surface area (Å²) in [7, 11) is 0. The van der Waals surface area contributed by atoms with Crippen molar-refractivity contribution in [2.24, 2.45) is 0 Å². The van der Waals surface area contributed by atoms with Gasteiger partial charge in [-0.1, -0.05) is 42.1 Å². The van der Waals surface area contributed by atoms with Crippen LogP contribution in [0.15, 0.2) is 83.4 Å². The van der Waals surface area contributed by atoms with Gasteiger partial charge in [-0.25, -0.2) is 4.98 Å². The molecular formula is C19H14N4O2S. The maximum atomic E-state index is 11.3. The molecule has 2 aromatic carbocycles. The second kappa shape index (κ2) is 6.97. The van der Waals surface area contributed by atoms with Crippen molar-refractivity contribution in [1.82, 2.24) is 14.5 Å². The molecule has 0 saturated carbocycles. The van der Waals surface area contributed by atoms with Crippen LogP contribution in [-0.4, -0.2) is 19.5 Å². The Hall–Kier alpha value is -3.19. The maximum Gasteiger partial charge on any atom is 0.278 e. The number of non-ortho nitro benzene ring substituents is 1. The fourth-order valence-corrected chi connectivity index (χ4v) is 3.77. The van der Waals surface area contributed by atoms with Crippen LogP contribution in [0.1, 0.15) is 5.56 Å². The molecule has 4 rings (SSSR count). The monoisotopic (exact) mass is 362 g/mol. The Morgan fingerprint density at radius 2 is 1.88 bits per heavy atom. The topological polar surface area (TPSA) is 73.8 Å². The molecule has 0 N–H and O–H groups in total. The van der Waals surface area contributed by atoms with Gasteiger partial charge >= 0.3 is 0 Å². The van der Waals surface area contributed by atoms with Crippen LogP contribution in [0, 0.1) is 10.1 Å². The average molecular weight is 362 g/mol. The summed E-state index contributed by atoms with van der Waals surface area (Å²) >= 11 is 1.49. The number of hydrogen-bond acceptors (Lipinski definition) is 5. The van der Waals surface area contributed by atoms with Crippen LogP contribution in [0.3, 0.4) is 0 Å². The fraction of sp³-hybridized carbons (Fsp3) is 0.0526. The molecule has 0 spiro atoms. The molecule has 2 heterocycles. The number of benzene rings is 2. The van der Waals surface area contributed by atoms with Crippen LogP contribution in [0.2, 0.25) is 0 Å². The van der Waals surface area contributed by atoms with Crippen LogP contribution in [0.25, 0.3) is 10.8 Å². The quantitative estimate of drug-likeness (QED) is 0.385. The van der Waals surface area contributed by atoms with Crippen LogP contribution in [-0.2, 0) is 6.54 Å². The third-order valence-electron chi connectivity index (χ3n) is 4.03. The number of nitrogens with zero attached hydrogens (tertiary/aromatic N) is 4. The van der Waals surface area contributed by atoms with Gasteiger partial charge in [-0.2, -0.15) is 0 Å². The van der Waals surface area contributed by atoms with Crippen LogP contribution < -0.4 is 0 Å².